The zero-order chi connectivity index (χ0) is 17.4. The van der Waals surface area contributed by atoms with E-state index in [-0.39, 0.29) is 18.9 Å². The molecule has 2 aromatic rings. The van der Waals surface area contributed by atoms with E-state index >= 15 is 0 Å². The molecule has 126 valence electrons. The largest absolute Gasteiger partial charge is 0.450 e. The highest BCUT2D eigenvalue weighted by Gasteiger charge is 2.19. The van der Waals surface area contributed by atoms with Gasteiger partial charge >= 0.3 is 6.09 Å². The molecule has 24 heavy (non-hydrogen) atoms. The minimum atomic E-state index is -0.533. The highest BCUT2D eigenvalue weighted by molar-refractivity contribution is 5.91. The van der Waals surface area contributed by atoms with Gasteiger partial charge in [-0.3, -0.25) is 4.79 Å². The van der Waals surface area contributed by atoms with Crippen LogP contribution in [0, 0.1) is 6.92 Å². The summed E-state index contributed by atoms with van der Waals surface area (Å²) in [4.78, 5) is 24.1. The van der Waals surface area contributed by atoms with Gasteiger partial charge in [0.15, 0.2) is 0 Å². The number of amides is 2. The summed E-state index contributed by atoms with van der Waals surface area (Å²) in [6.07, 6.45) is -0.411. The fourth-order valence-electron chi connectivity index (χ4n) is 2.37. The molecule has 2 N–H and O–H groups in total. The first-order chi connectivity index (χ1) is 11.6. The van der Waals surface area contributed by atoms with Gasteiger partial charge < -0.3 is 15.4 Å². The van der Waals surface area contributed by atoms with Crippen LogP contribution in [0.2, 0.25) is 0 Å². The summed E-state index contributed by atoms with van der Waals surface area (Å²) in [5.41, 5.74) is 2.66. The van der Waals surface area contributed by atoms with E-state index in [1.807, 2.05) is 61.5 Å². The summed E-state index contributed by atoms with van der Waals surface area (Å²) in [6, 6.07) is 16.5. The van der Waals surface area contributed by atoms with Crippen molar-refractivity contribution in [1.82, 2.24) is 5.32 Å². The lowest BCUT2D eigenvalue weighted by Crippen LogP contribution is -2.32. The quantitative estimate of drug-likeness (QED) is 0.848. The molecule has 0 unspecified atom stereocenters. The molecule has 0 radical (unpaired) electrons. The van der Waals surface area contributed by atoms with Gasteiger partial charge in [-0.05, 0) is 37.1 Å². The molecule has 2 amide bonds. The van der Waals surface area contributed by atoms with Crippen LogP contribution in [0.15, 0.2) is 54.6 Å². The summed E-state index contributed by atoms with van der Waals surface area (Å²) >= 11 is 0. The van der Waals surface area contributed by atoms with E-state index in [0.29, 0.717) is 0 Å². The van der Waals surface area contributed by atoms with E-state index in [2.05, 4.69) is 10.6 Å². The van der Waals surface area contributed by atoms with Crippen LogP contribution in [-0.4, -0.2) is 18.6 Å². The van der Waals surface area contributed by atoms with Gasteiger partial charge in [0.1, 0.15) is 0 Å². The van der Waals surface area contributed by atoms with E-state index < -0.39 is 12.1 Å². The van der Waals surface area contributed by atoms with Crippen LogP contribution in [0.3, 0.4) is 0 Å². The second-order valence-corrected chi connectivity index (χ2v) is 5.45. The predicted molar refractivity (Wildman–Crippen MR) is 93.8 cm³/mol. The van der Waals surface area contributed by atoms with E-state index in [4.69, 9.17) is 4.74 Å². The molecular formula is C19H22N2O3. The molecule has 0 saturated carbocycles. The molecule has 0 aliphatic rings. The van der Waals surface area contributed by atoms with Gasteiger partial charge in [-0.2, -0.15) is 0 Å². The van der Waals surface area contributed by atoms with Crippen molar-refractivity contribution in [2.75, 3.05) is 11.9 Å². The van der Waals surface area contributed by atoms with Crippen LogP contribution < -0.4 is 10.6 Å². The Kier molecular flexibility index (Phi) is 6.37. The zero-order valence-electron chi connectivity index (χ0n) is 13.9. The molecule has 0 fully saturated rings. The third-order valence-corrected chi connectivity index (χ3v) is 3.46. The number of alkyl carbamates (subject to hydrolysis) is 1. The van der Waals surface area contributed by atoms with Crippen LogP contribution in [-0.2, 0) is 9.53 Å². The number of rotatable bonds is 6. The molecule has 0 aliphatic heterocycles. The normalized spacial score (nSPS) is 11.4. The van der Waals surface area contributed by atoms with Crippen molar-refractivity contribution >= 4 is 17.7 Å². The maximum atomic E-state index is 12.3. The number of carbonyl (C=O) groups is 2. The monoisotopic (exact) mass is 326 g/mol. The Balaban J connectivity index is 2.06. The summed E-state index contributed by atoms with van der Waals surface area (Å²) in [7, 11) is 0. The van der Waals surface area contributed by atoms with E-state index in [9.17, 15) is 9.59 Å². The average Bonchev–Trinajstić information content (AvgIpc) is 2.55. The van der Waals surface area contributed by atoms with Crippen molar-refractivity contribution in [3.63, 3.8) is 0 Å². The smallest absolute Gasteiger partial charge is 0.407 e. The van der Waals surface area contributed by atoms with Crippen molar-refractivity contribution < 1.29 is 14.3 Å². The molecule has 5 heteroatoms. The van der Waals surface area contributed by atoms with Crippen molar-refractivity contribution in [1.29, 1.82) is 0 Å². The van der Waals surface area contributed by atoms with Crippen LogP contribution in [0.1, 0.15) is 30.5 Å². The minimum Gasteiger partial charge on any atom is -0.450 e. The molecule has 2 rings (SSSR count). The summed E-state index contributed by atoms with van der Waals surface area (Å²) in [5, 5.41) is 5.60. The molecule has 0 saturated heterocycles. The first kappa shape index (κ1) is 17.5. The lowest BCUT2D eigenvalue weighted by Gasteiger charge is -2.18. The Morgan fingerprint density at radius 2 is 1.83 bits per heavy atom. The van der Waals surface area contributed by atoms with Gasteiger partial charge in [0.2, 0.25) is 5.91 Å². The number of ether oxygens (including phenoxy) is 1. The average molecular weight is 326 g/mol. The Morgan fingerprint density at radius 1 is 1.08 bits per heavy atom. The van der Waals surface area contributed by atoms with Crippen LogP contribution >= 0.6 is 0 Å². The molecule has 0 aromatic heterocycles. The molecule has 1 atom stereocenters. The number of nitrogens with one attached hydrogen (secondary N) is 2. The van der Waals surface area contributed by atoms with Crippen LogP contribution in [0.25, 0.3) is 0 Å². The molecule has 2 aromatic carbocycles. The van der Waals surface area contributed by atoms with Crippen LogP contribution in [0.5, 0.6) is 0 Å². The third kappa shape index (κ3) is 5.43. The van der Waals surface area contributed by atoms with Crippen molar-refractivity contribution in [2.45, 2.75) is 26.3 Å². The van der Waals surface area contributed by atoms with Crippen molar-refractivity contribution in [3.05, 3.63) is 65.7 Å². The molecule has 5 nitrogen and oxygen atoms in total. The maximum Gasteiger partial charge on any atom is 0.407 e. The Labute approximate surface area is 142 Å². The zero-order valence-corrected chi connectivity index (χ0v) is 13.9. The highest BCUT2D eigenvalue weighted by Crippen LogP contribution is 2.18. The SMILES string of the molecule is CCOC(=O)N[C@H](CC(=O)Nc1cccc(C)c1)c1ccccc1. The Hall–Kier alpha value is -2.82. The van der Waals surface area contributed by atoms with Crippen LogP contribution in [0.4, 0.5) is 10.5 Å². The van der Waals surface area contributed by atoms with Gasteiger partial charge in [0.25, 0.3) is 0 Å². The number of anilines is 1. The fourth-order valence-corrected chi connectivity index (χ4v) is 2.37. The topological polar surface area (TPSA) is 67.4 Å². The van der Waals surface area contributed by atoms with E-state index in [1.54, 1.807) is 6.92 Å². The lowest BCUT2D eigenvalue weighted by molar-refractivity contribution is -0.116. The van der Waals surface area contributed by atoms with Gasteiger partial charge in [-0.1, -0.05) is 42.5 Å². The van der Waals surface area contributed by atoms with Crippen molar-refractivity contribution in [2.24, 2.45) is 0 Å². The second-order valence-electron chi connectivity index (χ2n) is 5.45. The summed E-state index contributed by atoms with van der Waals surface area (Å²) in [6.45, 7) is 3.98. The van der Waals surface area contributed by atoms with Gasteiger partial charge in [-0.25, -0.2) is 4.79 Å². The molecule has 0 bridgehead atoms. The fraction of sp³-hybridized carbons (Fsp3) is 0.263. The molecule has 0 spiro atoms. The number of carbonyl (C=O) groups excluding carboxylic acids is 2. The first-order valence-corrected chi connectivity index (χ1v) is 7.93. The molecule has 0 aliphatic carbocycles. The first-order valence-electron chi connectivity index (χ1n) is 7.93. The number of hydrogen-bond acceptors (Lipinski definition) is 3. The Morgan fingerprint density at radius 3 is 2.50 bits per heavy atom. The maximum absolute atomic E-state index is 12.3. The standard InChI is InChI=1S/C19H22N2O3/c1-3-24-19(23)21-17(15-9-5-4-6-10-15)13-18(22)20-16-11-7-8-14(2)12-16/h4-12,17H,3,13H2,1-2H3,(H,20,22)(H,21,23)/t17-/m1/s1. The Bertz CT molecular complexity index is 686. The number of aryl methyl sites for hydroxylation is 1. The molecule has 0 heterocycles. The van der Waals surface area contributed by atoms with Crippen molar-refractivity contribution in [3.8, 4) is 0 Å². The van der Waals surface area contributed by atoms with E-state index in [0.717, 1.165) is 16.8 Å². The minimum absolute atomic E-state index is 0.122. The predicted octanol–water partition coefficient (Wildman–Crippen LogP) is 3.81. The lowest BCUT2D eigenvalue weighted by atomic mass is 10.0. The van der Waals surface area contributed by atoms with Gasteiger partial charge in [0, 0.05) is 5.69 Å². The van der Waals surface area contributed by atoms with Gasteiger partial charge in [-0.15, -0.1) is 0 Å². The van der Waals surface area contributed by atoms with E-state index in [1.165, 1.54) is 0 Å². The number of hydrogen-bond donors (Lipinski definition) is 2. The summed E-state index contributed by atoms with van der Waals surface area (Å²) in [5.74, 6) is -0.175. The number of benzene rings is 2. The highest BCUT2D eigenvalue weighted by atomic mass is 16.5. The van der Waals surface area contributed by atoms with Gasteiger partial charge in [0.05, 0.1) is 19.1 Å². The second kappa shape index (κ2) is 8.72. The molecular weight excluding hydrogens is 304 g/mol. The third-order valence-electron chi connectivity index (χ3n) is 3.46. The summed E-state index contributed by atoms with van der Waals surface area (Å²) < 4.78 is 4.93.